The van der Waals surface area contributed by atoms with Crippen molar-refractivity contribution in [1.29, 1.82) is 0 Å². The Morgan fingerprint density at radius 2 is 0.462 bits per heavy atom. The van der Waals surface area contributed by atoms with Crippen LogP contribution in [0, 0.1) is 5.92 Å². The minimum atomic E-state index is -1.05. The van der Waals surface area contributed by atoms with Crippen molar-refractivity contribution in [3.05, 3.63) is 0 Å². The van der Waals surface area contributed by atoms with Crippen molar-refractivity contribution in [3.8, 4) is 0 Å². The van der Waals surface area contributed by atoms with Crippen molar-refractivity contribution in [1.82, 2.24) is 0 Å². The summed E-state index contributed by atoms with van der Waals surface area (Å²) in [6.45, 7) is 9.03. The first-order valence-electron chi connectivity index (χ1n) is 30.6. The van der Waals surface area contributed by atoms with Gasteiger partial charge in [-0.05, 0) is 57.8 Å². The van der Waals surface area contributed by atoms with Crippen LogP contribution in [0.1, 0.15) is 355 Å². The molecule has 0 spiro atoms. The third-order valence-corrected chi connectivity index (χ3v) is 20.5. The highest BCUT2D eigenvalue weighted by Gasteiger charge is 2.35. The molecule has 0 rings (SSSR count). The Bertz CT molecular complexity index is 791. The number of carboxylic acid groups (broad SMARTS) is 1. The van der Waals surface area contributed by atoms with Crippen molar-refractivity contribution in [2.24, 2.45) is 5.92 Å². The smallest absolute Gasteiger partial charge is 0.306 e. The third-order valence-electron chi connectivity index (χ3n) is 15.5. The van der Waals surface area contributed by atoms with Gasteiger partial charge in [-0.15, -0.1) is 0 Å². The van der Waals surface area contributed by atoms with Crippen LogP contribution in [0.15, 0.2) is 0 Å². The van der Waals surface area contributed by atoms with Crippen molar-refractivity contribution in [2.45, 2.75) is 355 Å². The summed E-state index contributed by atoms with van der Waals surface area (Å²) in [4.78, 5) is 12.0. The highest BCUT2D eigenvalue weighted by Crippen LogP contribution is 2.61. The number of carboxylic acids is 1. The Morgan fingerprint density at radius 3 is 0.631 bits per heavy atom. The van der Waals surface area contributed by atoms with E-state index >= 15 is 0 Å². The fraction of sp³-hybridized carbons (Fsp3) is 0.984. The highest BCUT2D eigenvalue weighted by molar-refractivity contribution is 7.75. The number of carbonyl (C=O) groups is 1. The average molecular weight is 956 g/mol. The monoisotopic (exact) mass is 955 g/mol. The molecule has 1 unspecified atom stereocenters. The maximum Gasteiger partial charge on any atom is 0.306 e. The lowest BCUT2D eigenvalue weighted by atomic mass is 10.0. The van der Waals surface area contributed by atoms with Crippen LogP contribution >= 0.6 is 7.26 Å². The normalized spacial score (nSPS) is 12.2. The Kier molecular flexibility index (Phi) is 58.8. The molecular weight excluding hydrogens is 831 g/mol. The summed E-state index contributed by atoms with van der Waals surface area (Å²) in [5.74, 6) is -0.691. The van der Waals surface area contributed by atoms with Crippen LogP contribution in [0.3, 0.4) is 0 Å². The lowest BCUT2D eigenvalue weighted by Crippen LogP contribution is -3.00. The lowest BCUT2D eigenvalue weighted by Gasteiger charge is -2.29. The molecule has 1 N–H and O–H groups in total. The quantitative estimate of drug-likeness (QED) is 0.0487. The molecule has 0 aromatic carbocycles. The van der Waals surface area contributed by atoms with Gasteiger partial charge in [0.15, 0.2) is 0 Å². The topological polar surface area (TPSA) is 37.3 Å². The van der Waals surface area contributed by atoms with E-state index in [1.807, 2.05) is 0 Å². The lowest BCUT2D eigenvalue weighted by molar-refractivity contribution is -0.142. The molecule has 1 atom stereocenters. The molecular formula is C61H124ClO2P. The van der Waals surface area contributed by atoms with E-state index < -0.39 is 13.2 Å². The molecule has 65 heavy (non-hydrogen) atoms. The number of aliphatic carboxylic acids is 1. The van der Waals surface area contributed by atoms with E-state index in [1.165, 1.54) is 333 Å². The molecule has 0 heterocycles. The maximum absolute atomic E-state index is 12.0. The van der Waals surface area contributed by atoms with E-state index in [4.69, 9.17) is 0 Å². The van der Waals surface area contributed by atoms with Gasteiger partial charge in [-0.1, -0.05) is 297 Å². The summed E-state index contributed by atoms with van der Waals surface area (Å²) < 4.78 is 0. The predicted molar refractivity (Wildman–Crippen MR) is 296 cm³/mol. The minimum Gasteiger partial charge on any atom is -1.00 e. The molecule has 4 heteroatoms. The molecule has 392 valence electrons. The fourth-order valence-corrected chi connectivity index (χ4v) is 15.7. The number of halogens is 1. The molecule has 0 radical (unpaired) electrons. The Hall–Kier alpha value is 0.190. The standard InChI is InChI=1S/C61H123O2P.ClH/c1-5-9-12-15-18-21-24-27-30-33-36-39-42-45-48-51-56-64(59-54-55-60(8-4)61(62)63,57-52-49-46-43-40-37-34-31-28-25-22-19-16-13-10-6-2)58-53-50-47-44-41-38-35-32-29-26-23-20-17-14-11-7-3;/h60H,5-59H2,1-4H3;1H. The van der Waals surface area contributed by atoms with E-state index in [2.05, 4.69) is 27.7 Å². The zero-order valence-corrected chi connectivity index (χ0v) is 47.3. The van der Waals surface area contributed by atoms with Crippen molar-refractivity contribution >= 4 is 13.2 Å². The van der Waals surface area contributed by atoms with Gasteiger partial charge < -0.3 is 17.5 Å². The number of unbranched alkanes of at least 4 members (excludes halogenated alkanes) is 45. The van der Waals surface area contributed by atoms with E-state index in [0.29, 0.717) is 0 Å². The summed E-state index contributed by atoms with van der Waals surface area (Å²) in [5.41, 5.74) is 0. The van der Waals surface area contributed by atoms with E-state index in [0.717, 1.165) is 19.3 Å². The first-order chi connectivity index (χ1) is 31.5. The second kappa shape index (κ2) is 56.8. The van der Waals surface area contributed by atoms with Gasteiger partial charge >= 0.3 is 5.97 Å². The molecule has 2 nitrogen and oxygen atoms in total. The second-order valence-corrected chi connectivity index (χ2v) is 26.2. The summed E-state index contributed by atoms with van der Waals surface area (Å²) in [7, 11) is -1.05. The molecule has 0 fully saturated rings. The van der Waals surface area contributed by atoms with Gasteiger partial charge in [0.25, 0.3) is 0 Å². The number of hydrogen-bond donors (Lipinski definition) is 1. The maximum atomic E-state index is 12.0. The van der Waals surface area contributed by atoms with Crippen LogP contribution in [0.4, 0.5) is 0 Å². The molecule has 0 aromatic rings. The number of rotatable bonds is 57. The molecule has 0 saturated heterocycles. The van der Waals surface area contributed by atoms with Crippen molar-refractivity contribution in [2.75, 3.05) is 24.6 Å². The van der Waals surface area contributed by atoms with Crippen LogP contribution < -0.4 is 12.4 Å². The van der Waals surface area contributed by atoms with Gasteiger partial charge in [0.1, 0.15) is 0 Å². The van der Waals surface area contributed by atoms with Crippen LogP contribution in [-0.2, 0) is 4.79 Å². The van der Waals surface area contributed by atoms with Crippen molar-refractivity contribution in [3.63, 3.8) is 0 Å². The van der Waals surface area contributed by atoms with Crippen LogP contribution in [-0.4, -0.2) is 35.7 Å². The molecule has 0 aliphatic rings. The zero-order chi connectivity index (χ0) is 46.5. The largest absolute Gasteiger partial charge is 1.00 e. The molecule has 0 amide bonds. The molecule has 0 bridgehead atoms. The van der Waals surface area contributed by atoms with Gasteiger partial charge in [-0.2, -0.15) is 0 Å². The molecule has 0 saturated carbocycles. The SMILES string of the molecule is CCCCCCCCCCCCCCCCCC[P+](CCCCCCCCCCCCCCCCCC)(CCCCCCCCCCCCCCCCCC)CCCC(CC)C(=O)O.[Cl-]. The Labute approximate surface area is 419 Å². The minimum absolute atomic E-state index is 0. The summed E-state index contributed by atoms with van der Waals surface area (Å²) in [6, 6.07) is 0. The van der Waals surface area contributed by atoms with Crippen molar-refractivity contribution < 1.29 is 22.3 Å². The van der Waals surface area contributed by atoms with E-state index in [9.17, 15) is 9.90 Å². The number of hydrogen-bond acceptors (Lipinski definition) is 1. The zero-order valence-electron chi connectivity index (χ0n) is 45.6. The van der Waals surface area contributed by atoms with Gasteiger partial charge in [-0.25, -0.2) is 0 Å². The summed E-state index contributed by atoms with van der Waals surface area (Å²) >= 11 is 0. The van der Waals surface area contributed by atoms with Crippen LogP contribution in [0.5, 0.6) is 0 Å². The predicted octanol–water partition coefficient (Wildman–Crippen LogP) is 19.7. The van der Waals surface area contributed by atoms with Gasteiger partial charge in [-0.3, -0.25) is 4.79 Å². The van der Waals surface area contributed by atoms with Gasteiger partial charge in [0.05, 0.1) is 30.6 Å². The van der Waals surface area contributed by atoms with E-state index in [1.54, 1.807) is 0 Å². The van der Waals surface area contributed by atoms with E-state index in [-0.39, 0.29) is 18.3 Å². The molecule has 0 aliphatic heterocycles. The van der Waals surface area contributed by atoms with Crippen LogP contribution in [0.25, 0.3) is 0 Å². The fourth-order valence-electron chi connectivity index (χ4n) is 10.8. The Balaban J connectivity index is 0. The first-order valence-corrected chi connectivity index (χ1v) is 33.2. The summed E-state index contributed by atoms with van der Waals surface area (Å²) in [6.07, 6.45) is 78.1. The molecule has 0 aromatic heterocycles. The van der Waals surface area contributed by atoms with Gasteiger partial charge in [0.2, 0.25) is 0 Å². The molecule has 0 aliphatic carbocycles. The summed E-state index contributed by atoms with van der Waals surface area (Å²) in [5, 5.41) is 9.89. The van der Waals surface area contributed by atoms with Gasteiger partial charge in [0, 0.05) is 7.26 Å². The highest BCUT2D eigenvalue weighted by atomic mass is 35.5. The second-order valence-electron chi connectivity index (χ2n) is 21.7. The Morgan fingerprint density at radius 1 is 0.292 bits per heavy atom. The van der Waals surface area contributed by atoms with Crippen LogP contribution in [0.2, 0.25) is 0 Å². The average Bonchev–Trinajstić information content (AvgIpc) is 3.29. The first kappa shape index (κ1) is 67.3. The third kappa shape index (κ3) is 50.4.